The van der Waals surface area contributed by atoms with Crippen LogP contribution in [0, 0.1) is 23.2 Å². The van der Waals surface area contributed by atoms with Crippen molar-refractivity contribution in [1.82, 2.24) is 4.90 Å². The van der Waals surface area contributed by atoms with Gasteiger partial charge in [-0.3, -0.25) is 4.90 Å². The Kier molecular flexibility index (Phi) is 4.96. The molecular weight excluding hydrogens is 290 g/mol. The third-order valence-electron chi connectivity index (χ3n) is 6.82. The first-order valence-electron chi connectivity index (χ1n) is 9.77. The molecular formula is C19H33NO3. The smallest absolute Gasteiger partial charge is 0.0900 e. The van der Waals surface area contributed by atoms with E-state index < -0.39 is 0 Å². The Balaban J connectivity index is 1.16. The molecule has 4 heteroatoms. The van der Waals surface area contributed by atoms with Gasteiger partial charge in [0.15, 0.2) is 0 Å². The van der Waals surface area contributed by atoms with E-state index in [1.54, 1.807) is 0 Å². The molecule has 5 aliphatic rings. The quantitative estimate of drug-likeness (QED) is 0.730. The first-order valence-corrected chi connectivity index (χ1v) is 9.77. The molecule has 1 heterocycles. The fraction of sp³-hybridized carbons (Fsp3) is 1.00. The fourth-order valence-corrected chi connectivity index (χ4v) is 6.24. The molecule has 1 saturated heterocycles. The third-order valence-corrected chi connectivity index (χ3v) is 6.82. The Labute approximate surface area is 140 Å². The molecule has 4 nitrogen and oxygen atoms in total. The Morgan fingerprint density at radius 3 is 2.26 bits per heavy atom. The Morgan fingerprint density at radius 1 is 1.04 bits per heavy atom. The van der Waals surface area contributed by atoms with Crippen LogP contribution in [0.1, 0.15) is 44.9 Å². The topological polar surface area (TPSA) is 41.9 Å². The van der Waals surface area contributed by atoms with Crippen molar-refractivity contribution >= 4 is 0 Å². The molecule has 1 aliphatic heterocycles. The second-order valence-electron chi connectivity index (χ2n) is 8.81. The molecule has 1 N–H and O–H groups in total. The third kappa shape index (κ3) is 3.92. The number of ether oxygens (including phenoxy) is 2. The van der Waals surface area contributed by atoms with Crippen LogP contribution < -0.4 is 0 Å². The van der Waals surface area contributed by atoms with Gasteiger partial charge >= 0.3 is 0 Å². The van der Waals surface area contributed by atoms with Crippen molar-refractivity contribution in [3.05, 3.63) is 0 Å². The highest BCUT2D eigenvalue weighted by Gasteiger charge is 2.50. The SMILES string of the molecule is OC(COCCC12CC3CC(CC(C3)C1)C2)CN1CCOCC1. The summed E-state index contributed by atoms with van der Waals surface area (Å²) in [5, 5.41) is 10.2. The van der Waals surface area contributed by atoms with Crippen molar-refractivity contribution in [3.63, 3.8) is 0 Å². The van der Waals surface area contributed by atoms with E-state index in [1.807, 2.05) is 0 Å². The molecule has 23 heavy (non-hydrogen) atoms. The van der Waals surface area contributed by atoms with Gasteiger partial charge in [-0.15, -0.1) is 0 Å². The number of aliphatic hydroxyl groups excluding tert-OH is 1. The van der Waals surface area contributed by atoms with Gasteiger partial charge in [-0.25, -0.2) is 0 Å². The molecule has 4 aliphatic carbocycles. The average Bonchev–Trinajstić information content (AvgIpc) is 2.51. The van der Waals surface area contributed by atoms with Crippen LogP contribution in [0.25, 0.3) is 0 Å². The van der Waals surface area contributed by atoms with Crippen LogP contribution in [-0.2, 0) is 9.47 Å². The zero-order chi connectivity index (χ0) is 15.7. The van der Waals surface area contributed by atoms with E-state index in [9.17, 15) is 5.11 Å². The van der Waals surface area contributed by atoms with Crippen LogP contribution in [0.15, 0.2) is 0 Å². The van der Waals surface area contributed by atoms with Gasteiger partial charge in [0.1, 0.15) is 0 Å². The van der Waals surface area contributed by atoms with Gasteiger partial charge in [0.25, 0.3) is 0 Å². The second kappa shape index (κ2) is 6.99. The van der Waals surface area contributed by atoms with Crippen molar-refractivity contribution in [1.29, 1.82) is 0 Å². The van der Waals surface area contributed by atoms with Gasteiger partial charge in [0, 0.05) is 26.2 Å². The summed E-state index contributed by atoms with van der Waals surface area (Å²) in [7, 11) is 0. The van der Waals surface area contributed by atoms with Crippen molar-refractivity contribution in [2.75, 3.05) is 46.1 Å². The predicted octanol–water partition coefficient (Wildman–Crippen LogP) is 2.30. The van der Waals surface area contributed by atoms with Crippen LogP contribution >= 0.6 is 0 Å². The van der Waals surface area contributed by atoms with E-state index in [2.05, 4.69) is 4.90 Å². The lowest BCUT2D eigenvalue weighted by Crippen LogP contribution is -2.46. The van der Waals surface area contributed by atoms with Crippen molar-refractivity contribution in [3.8, 4) is 0 Å². The van der Waals surface area contributed by atoms with E-state index in [0.29, 0.717) is 12.0 Å². The number of nitrogens with zero attached hydrogens (tertiary/aromatic N) is 1. The lowest BCUT2D eigenvalue weighted by atomic mass is 9.49. The molecule has 4 saturated carbocycles. The molecule has 4 bridgehead atoms. The van der Waals surface area contributed by atoms with E-state index >= 15 is 0 Å². The molecule has 0 spiro atoms. The highest BCUT2D eigenvalue weighted by Crippen LogP contribution is 2.61. The van der Waals surface area contributed by atoms with Crippen molar-refractivity contribution < 1.29 is 14.6 Å². The normalized spacial score (nSPS) is 41.3. The van der Waals surface area contributed by atoms with Gasteiger partial charge in [-0.1, -0.05) is 0 Å². The Bertz CT molecular complexity index is 359. The second-order valence-corrected chi connectivity index (χ2v) is 8.81. The Morgan fingerprint density at radius 2 is 1.65 bits per heavy atom. The van der Waals surface area contributed by atoms with E-state index in [0.717, 1.165) is 57.2 Å². The minimum absolute atomic E-state index is 0.357. The lowest BCUT2D eigenvalue weighted by molar-refractivity contribution is -0.0751. The lowest BCUT2D eigenvalue weighted by Gasteiger charge is -2.57. The molecule has 5 rings (SSSR count). The van der Waals surface area contributed by atoms with E-state index in [-0.39, 0.29) is 6.10 Å². The number of hydrogen-bond acceptors (Lipinski definition) is 4. The maximum Gasteiger partial charge on any atom is 0.0900 e. The molecule has 0 amide bonds. The van der Waals surface area contributed by atoms with Crippen LogP contribution in [0.3, 0.4) is 0 Å². The summed E-state index contributed by atoms with van der Waals surface area (Å²) >= 11 is 0. The highest BCUT2D eigenvalue weighted by atomic mass is 16.5. The van der Waals surface area contributed by atoms with Crippen LogP contribution in [0.2, 0.25) is 0 Å². The molecule has 132 valence electrons. The predicted molar refractivity (Wildman–Crippen MR) is 89.3 cm³/mol. The summed E-state index contributed by atoms with van der Waals surface area (Å²) in [5.74, 6) is 3.06. The molecule has 0 radical (unpaired) electrons. The summed E-state index contributed by atoms with van der Waals surface area (Å²) in [4.78, 5) is 2.27. The number of β-amino-alcohol motifs (C(OH)–C–C–N with tert-alkyl or cyclic N) is 1. The van der Waals surface area contributed by atoms with Crippen molar-refractivity contribution in [2.45, 2.75) is 51.0 Å². The molecule has 5 fully saturated rings. The Hall–Kier alpha value is -0.160. The zero-order valence-electron chi connectivity index (χ0n) is 14.4. The van der Waals surface area contributed by atoms with Crippen molar-refractivity contribution in [2.24, 2.45) is 23.2 Å². The van der Waals surface area contributed by atoms with E-state index in [4.69, 9.17) is 9.47 Å². The fourth-order valence-electron chi connectivity index (χ4n) is 6.24. The average molecular weight is 323 g/mol. The largest absolute Gasteiger partial charge is 0.389 e. The molecule has 1 unspecified atom stereocenters. The summed E-state index contributed by atoms with van der Waals surface area (Å²) in [5.41, 5.74) is 0.601. The summed E-state index contributed by atoms with van der Waals surface area (Å²) < 4.78 is 11.2. The van der Waals surface area contributed by atoms with Crippen LogP contribution in [0.5, 0.6) is 0 Å². The van der Waals surface area contributed by atoms with Gasteiger partial charge in [-0.05, 0) is 68.1 Å². The highest BCUT2D eigenvalue weighted by molar-refractivity contribution is 5.01. The zero-order valence-corrected chi connectivity index (χ0v) is 14.4. The maximum atomic E-state index is 10.2. The number of hydrogen-bond donors (Lipinski definition) is 1. The van der Waals surface area contributed by atoms with Crippen LogP contribution in [0.4, 0.5) is 0 Å². The minimum atomic E-state index is -0.357. The maximum absolute atomic E-state index is 10.2. The number of morpholine rings is 1. The minimum Gasteiger partial charge on any atom is -0.389 e. The summed E-state index contributed by atoms with van der Waals surface area (Å²) in [6, 6.07) is 0. The first-order chi connectivity index (χ1) is 11.2. The van der Waals surface area contributed by atoms with E-state index in [1.165, 1.54) is 44.9 Å². The molecule has 0 aromatic heterocycles. The summed E-state index contributed by atoms with van der Waals surface area (Å²) in [6.07, 6.45) is 9.77. The van der Waals surface area contributed by atoms with Gasteiger partial charge in [0.2, 0.25) is 0 Å². The molecule has 0 aromatic carbocycles. The number of aliphatic hydroxyl groups is 1. The van der Waals surface area contributed by atoms with Crippen LogP contribution in [-0.4, -0.2) is 62.2 Å². The molecule has 0 aromatic rings. The van der Waals surface area contributed by atoms with Gasteiger partial charge in [0.05, 0.1) is 25.9 Å². The standard InChI is InChI=1S/C19H33NO3/c21-18(13-20-2-5-22-6-3-20)14-23-4-1-19-10-15-7-16(11-19)9-17(8-15)12-19/h15-18,21H,1-14H2. The van der Waals surface area contributed by atoms with Gasteiger partial charge < -0.3 is 14.6 Å². The first kappa shape index (κ1) is 16.3. The molecule has 1 atom stereocenters. The van der Waals surface area contributed by atoms with Gasteiger partial charge in [-0.2, -0.15) is 0 Å². The summed E-state index contributed by atoms with van der Waals surface area (Å²) in [6.45, 7) is 5.50. The monoisotopic (exact) mass is 323 g/mol. The number of rotatable bonds is 7.